The van der Waals surface area contributed by atoms with Crippen LogP contribution in [0.25, 0.3) is 10.2 Å². The molecule has 2 heterocycles. The highest BCUT2D eigenvalue weighted by molar-refractivity contribution is 7.23. The number of benzene rings is 1. The number of halogens is 2. The second kappa shape index (κ2) is 8.59. The summed E-state index contributed by atoms with van der Waals surface area (Å²) >= 11 is 13.4. The molecule has 1 aromatic carbocycles. The van der Waals surface area contributed by atoms with Gasteiger partial charge < -0.3 is 25.7 Å². The van der Waals surface area contributed by atoms with Crippen LogP contribution in [0.2, 0.25) is 9.36 Å². The molecular formula is C20H18Cl2N4O3S. The Balaban J connectivity index is 1.46. The van der Waals surface area contributed by atoms with E-state index in [9.17, 15) is 9.59 Å². The summed E-state index contributed by atoms with van der Waals surface area (Å²) in [7, 11) is 0. The first-order valence-corrected chi connectivity index (χ1v) is 10.7. The minimum Gasteiger partial charge on any atom is -0.393 e. The maximum Gasteiger partial charge on any atom is 0.414 e. The number of fused-ring (bicyclic) bond motifs is 2. The van der Waals surface area contributed by atoms with E-state index in [2.05, 4.69) is 27.5 Å². The van der Waals surface area contributed by atoms with Crippen molar-refractivity contribution in [2.24, 2.45) is 0 Å². The Morgan fingerprint density at radius 1 is 1.30 bits per heavy atom. The summed E-state index contributed by atoms with van der Waals surface area (Å²) < 4.78 is 6.65. The van der Waals surface area contributed by atoms with E-state index in [1.54, 1.807) is 12.1 Å². The van der Waals surface area contributed by atoms with E-state index in [0.29, 0.717) is 27.8 Å². The largest absolute Gasteiger partial charge is 0.414 e. The Hall–Kier alpha value is -2.68. The summed E-state index contributed by atoms with van der Waals surface area (Å²) in [5.74, 6) is 0.260. The predicted octanol–water partition coefficient (Wildman–Crippen LogP) is 4.78. The summed E-state index contributed by atoms with van der Waals surface area (Å²) in [4.78, 5) is 27.6. The maximum atomic E-state index is 12.5. The third kappa shape index (κ3) is 4.12. The van der Waals surface area contributed by atoms with E-state index >= 15 is 0 Å². The zero-order valence-electron chi connectivity index (χ0n) is 15.6. The van der Waals surface area contributed by atoms with Crippen molar-refractivity contribution in [3.63, 3.8) is 0 Å². The maximum absolute atomic E-state index is 12.5. The predicted molar refractivity (Wildman–Crippen MR) is 119 cm³/mol. The van der Waals surface area contributed by atoms with Gasteiger partial charge in [0.05, 0.1) is 27.3 Å². The van der Waals surface area contributed by atoms with Crippen molar-refractivity contribution in [2.45, 2.75) is 18.5 Å². The molecule has 7 nitrogen and oxygen atoms in total. The summed E-state index contributed by atoms with van der Waals surface area (Å²) in [6.07, 6.45) is 1.52. The number of hydrogen-bond donors (Lipinski definition) is 4. The smallest absolute Gasteiger partial charge is 0.393 e. The molecule has 0 aliphatic heterocycles. The van der Waals surface area contributed by atoms with E-state index in [-0.39, 0.29) is 24.0 Å². The molecule has 2 aromatic heterocycles. The summed E-state index contributed by atoms with van der Waals surface area (Å²) in [5, 5.41) is 8.85. The number of carbonyl (C=O) groups excluding carboxylic acids is 2. The van der Waals surface area contributed by atoms with Crippen LogP contribution >= 0.6 is 34.5 Å². The van der Waals surface area contributed by atoms with Crippen molar-refractivity contribution < 1.29 is 14.3 Å². The lowest BCUT2D eigenvalue weighted by atomic mass is 10.1. The van der Waals surface area contributed by atoms with Gasteiger partial charge in [0.25, 0.3) is 0 Å². The highest BCUT2D eigenvalue weighted by atomic mass is 35.5. The lowest BCUT2D eigenvalue weighted by Crippen LogP contribution is -2.47. The third-order valence-corrected chi connectivity index (χ3v) is 6.71. The average molecular weight is 465 g/mol. The van der Waals surface area contributed by atoms with Gasteiger partial charge in [0, 0.05) is 12.6 Å². The highest BCUT2D eigenvalue weighted by Crippen LogP contribution is 2.40. The van der Waals surface area contributed by atoms with Gasteiger partial charge in [0.15, 0.2) is 0 Å². The SMILES string of the molecule is C=CCNC(=O)N[C@H]1c2ccccc2C[C@@H]1NC(=O)Oc1cc2sc(Cl)c(Cl)c2[nH]1. The number of hydrogen-bond acceptors (Lipinski definition) is 4. The lowest BCUT2D eigenvalue weighted by molar-refractivity contribution is 0.191. The van der Waals surface area contributed by atoms with Gasteiger partial charge in [0.2, 0.25) is 5.88 Å². The first-order valence-electron chi connectivity index (χ1n) is 9.14. The summed E-state index contributed by atoms with van der Waals surface area (Å²) in [6.45, 7) is 3.93. The van der Waals surface area contributed by atoms with Crippen LogP contribution in [-0.4, -0.2) is 29.7 Å². The number of thiophene rings is 1. The molecule has 30 heavy (non-hydrogen) atoms. The molecule has 2 atom stereocenters. The van der Waals surface area contributed by atoms with Gasteiger partial charge in [-0.3, -0.25) is 0 Å². The molecule has 10 heteroatoms. The standard InChI is InChI=1S/C20H18Cl2N4O3S/c1-2-7-23-19(27)26-16-11-6-4-3-5-10(11)8-12(16)24-20(28)29-14-9-13-17(25-14)15(21)18(22)30-13/h2-6,9,12,16,25H,1,7-8H2,(H,24,28)(H2,23,26,27)/t12-,16-/m0/s1. The number of nitrogens with one attached hydrogen (secondary N) is 4. The summed E-state index contributed by atoms with van der Waals surface area (Å²) in [6, 6.07) is 8.31. The quantitative estimate of drug-likeness (QED) is 0.409. The summed E-state index contributed by atoms with van der Waals surface area (Å²) in [5.41, 5.74) is 2.64. The Labute approximate surface area is 186 Å². The van der Waals surface area contributed by atoms with Crippen LogP contribution in [0, 0.1) is 0 Å². The van der Waals surface area contributed by atoms with Gasteiger partial charge in [-0.25, -0.2) is 9.59 Å². The fraction of sp³-hybridized carbons (Fsp3) is 0.200. The first-order chi connectivity index (χ1) is 14.5. The molecule has 3 amide bonds. The molecule has 0 saturated carbocycles. The fourth-order valence-corrected chi connectivity index (χ4v) is 4.97. The molecule has 0 unspecified atom stereocenters. The Morgan fingerprint density at radius 3 is 2.87 bits per heavy atom. The van der Waals surface area contributed by atoms with Crippen molar-refractivity contribution in [1.82, 2.24) is 20.9 Å². The first kappa shape index (κ1) is 20.6. The van der Waals surface area contributed by atoms with Crippen LogP contribution in [0.3, 0.4) is 0 Å². The molecule has 4 N–H and O–H groups in total. The Morgan fingerprint density at radius 2 is 2.10 bits per heavy atom. The van der Waals surface area contributed by atoms with Crippen molar-refractivity contribution in [1.29, 1.82) is 0 Å². The van der Waals surface area contributed by atoms with E-state index in [0.717, 1.165) is 15.8 Å². The van der Waals surface area contributed by atoms with Gasteiger partial charge >= 0.3 is 12.1 Å². The lowest BCUT2D eigenvalue weighted by Gasteiger charge is -2.22. The zero-order chi connectivity index (χ0) is 21.3. The Bertz CT molecular complexity index is 1130. The third-order valence-electron chi connectivity index (χ3n) is 4.78. The van der Waals surface area contributed by atoms with Gasteiger partial charge in [-0.1, -0.05) is 53.5 Å². The number of aromatic amines is 1. The van der Waals surface area contributed by atoms with Gasteiger partial charge in [-0.2, -0.15) is 0 Å². The molecule has 1 aliphatic rings. The van der Waals surface area contributed by atoms with Crippen LogP contribution in [-0.2, 0) is 6.42 Å². The minimum absolute atomic E-state index is 0.260. The van der Waals surface area contributed by atoms with E-state index in [4.69, 9.17) is 27.9 Å². The molecule has 4 rings (SSSR count). The number of rotatable bonds is 5. The van der Waals surface area contributed by atoms with Crippen LogP contribution in [0.5, 0.6) is 5.88 Å². The second-order valence-corrected chi connectivity index (χ2v) is 8.76. The van der Waals surface area contributed by atoms with Crippen molar-refractivity contribution in [2.75, 3.05) is 6.54 Å². The van der Waals surface area contributed by atoms with Crippen LogP contribution in [0.4, 0.5) is 9.59 Å². The molecule has 156 valence electrons. The molecule has 0 bridgehead atoms. The molecule has 3 aromatic rings. The van der Waals surface area contributed by atoms with Crippen molar-refractivity contribution in [3.05, 3.63) is 63.5 Å². The number of urea groups is 1. The minimum atomic E-state index is -0.637. The number of H-pyrrole nitrogens is 1. The van der Waals surface area contributed by atoms with Crippen molar-refractivity contribution in [3.8, 4) is 5.88 Å². The number of carbonyl (C=O) groups is 2. The molecule has 0 saturated heterocycles. The topological polar surface area (TPSA) is 95.2 Å². The molecule has 0 radical (unpaired) electrons. The monoisotopic (exact) mass is 464 g/mol. The van der Waals surface area contributed by atoms with Crippen LogP contribution < -0.4 is 20.7 Å². The van der Waals surface area contributed by atoms with Gasteiger partial charge in [-0.15, -0.1) is 17.9 Å². The van der Waals surface area contributed by atoms with E-state index in [1.165, 1.54) is 11.3 Å². The van der Waals surface area contributed by atoms with Gasteiger partial charge in [0.1, 0.15) is 4.34 Å². The number of amides is 3. The highest BCUT2D eigenvalue weighted by Gasteiger charge is 2.35. The Kier molecular flexibility index (Phi) is 5.90. The average Bonchev–Trinajstić information content (AvgIpc) is 3.34. The molecular weight excluding hydrogens is 447 g/mol. The van der Waals surface area contributed by atoms with E-state index < -0.39 is 6.09 Å². The zero-order valence-corrected chi connectivity index (χ0v) is 18.0. The normalized spacial score (nSPS) is 17.4. The van der Waals surface area contributed by atoms with Crippen LogP contribution in [0.1, 0.15) is 17.2 Å². The fourth-order valence-electron chi connectivity index (χ4n) is 3.50. The second-order valence-electron chi connectivity index (χ2n) is 6.73. The van der Waals surface area contributed by atoms with Crippen molar-refractivity contribution >= 4 is 56.9 Å². The van der Waals surface area contributed by atoms with Crippen LogP contribution in [0.15, 0.2) is 43.0 Å². The molecule has 1 aliphatic carbocycles. The molecule has 0 spiro atoms. The van der Waals surface area contributed by atoms with Gasteiger partial charge in [-0.05, 0) is 17.5 Å². The molecule has 0 fully saturated rings. The number of aromatic nitrogens is 1. The van der Waals surface area contributed by atoms with E-state index in [1.807, 2.05) is 24.3 Å². The number of ether oxygens (including phenoxy) is 1.